The number of hydrogen-bond donors (Lipinski definition) is 1. The average Bonchev–Trinajstić information content (AvgIpc) is 2.87. The van der Waals surface area contributed by atoms with Crippen molar-refractivity contribution < 1.29 is 13.2 Å². The van der Waals surface area contributed by atoms with E-state index < -0.39 is 9.84 Å². The molecule has 0 spiro atoms. The largest absolute Gasteiger partial charge is 0.381 e. The first kappa shape index (κ1) is 15.7. The van der Waals surface area contributed by atoms with Gasteiger partial charge in [0.25, 0.3) is 0 Å². The Morgan fingerprint density at radius 3 is 2.73 bits per heavy atom. The predicted molar refractivity (Wildman–Crippen MR) is 90.3 cm³/mol. The summed E-state index contributed by atoms with van der Waals surface area (Å²) in [7, 11) is -3.02. The zero-order valence-electron chi connectivity index (χ0n) is 12.5. The van der Waals surface area contributed by atoms with Crippen LogP contribution in [0.3, 0.4) is 0 Å². The zero-order chi connectivity index (χ0) is 15.6. The van der Waals surface area contributed by atoms with Gasteiger partial charge in [-0.1, -0.05) is 23.5 Å². The molecule has 5 nitrogen and oxygen atoms in total. The lowest BCUT2D eigenvalue weighted by atomic mass is 9.82. The van der Waals surface area contributed by atoms with Gasteiger partial charge in [0.1, 0.15) is 9.84 Å². The number of hydrogen-bond acceptors (Lipinski definition) is 6. The number of anilines is 1. The van der Waals surface area contributed by atoms with Gasteiger partial charge in [-0.3, -0.25) is 0 Å². The molecule has 1 aromatic heterocycles. The highest BCUT2D eigenvalue weighted by Crippen LogP contribution is 2.33. The van der Waals surface area contributed by atoms with E-state index >= 15 is 0 Å². The molecule has 0 radical (unpaired) electrons. The summed E-state index contributed by atoms with van der Waals surface area (Å²) >= 11 is 1.60. The first-order chi connectivity index (χ1) is 10.5. The second-order valence-corrected chi connectivity index (χ2v) is 9.19. The van der Waals surface area contributed by atoms with Gasteiger partial charge in [-0.05, 0) is 25.0 Å². The van der Waals surface area contributed by atoms with Gasteiger partial charge in [0.15, 0.2) is 5.13 Å². The maximum Gasteiger partial charge on any atom is 0.183 e. The zero-order valence-corrected chi connectivity index (χ0v) is 14.2. The van der Waals surface area contributed by atoms with Crippen molar-refractivity contribution in [3.05, 3.63) is 24.3 Å². The molecule has 1 aliphatic rings. The molecule has 0 bridgehead atoms. The van der Waals surface area contributed by atoms with E-state index in [2.05, 4.69) is 10.3 Å². The maximum atomic E-state index is 11.8. The molecule has 2 heterocycles. The minimum absolute atomic E-state index is 0.196. The van der Waals surface area contributed by atoms with E-state index in [0.717, 1.165) is 28.2 Å². The van der Waals surface area contributed by atoms with Gasteiger partial charge in [-0.15, -0.1) is 0 Å². The lowest BCUT2D eigenvalue weighted by molar-refractivity contribution is 0.0315. The molecule has 3 rings (SSSR count). The van der Waals surface area contributed by atoms with E-state index in [-0.39, 0.29) is 11.2 Å². The number of fused-ring (bicyclic) bond motifs is 1. The van der Waals surface area contributed by atoms with Crippen molar-refractivity contribution in [3.8, 4) is 0 Å². The standard InChI is InChI=1S/C15H20N2O3S2/c1-22(18,19)11-15(6-8-20-9-7-15)10-16-14-17-12-4-2-3-5-13(12)21-14/h2-5H,6-11H2,1H3,(H,16,17). The lowest BCUT2D eigenvalue weighted by Gasteiger charge is -2.36. The van der Waals surface area contributed by atoms with Crippen LogP contribution in [0.1, 0.15) is 12.8 Å². The molecule has 1 fully saturated rings. The van der Waals surface area contributed by atoms with Crippen LogP contribution in [0.25, 0.3) is 10.2 Å². The molecule has 22 heavy (non-hydrogen) atoms. The molecular formula is C15H20N2O3S2. The molecule has 0 unspecified atom stereocenters. The number of thiazole rings is 1. The number of aromatic nitrogens is 1. The van der Waals surface area contributed by atoms with Gasteiger partial charge in [0.2, 0.25) is 0 Å². The second-order valence-electron chi connectivity index (χ2n) is 6.02. The Bertz CT molecular complexity index is 716. The number of nitrogens with zero attached hydrogens (tertiary/aromatic N) is 1. The first-order valence-corrected chi connectivity index (χ1v) is 10.2. The molecule has 0 saturated carbocycles. The highest BCUT2D eigenvalue weighted by molar-refractivity contribution is 7.90. The summed E-state index contributed by atoms with van der Waals surface area (Å²) in [4.78, 5) is 4.55. The molecule has 0 aliphatic carbocycles. The van der Waals surface area contributed by atoms with Crippen LogP contribution in [0, 0.1) is 5.41 Å². The van der Waals surface area contributed by atoms with Crippen LogP contribution in [0.15, 0.2) is 24.3 Å². The highest BCUT2D eigenvalue weighted by Gasteiger charge is 2.36. The number of ether oxygens (including phenoxy) is 1. The summed E-state index contributed by atoms with van der Waals surface area (Å²) in [5, 5.41) is 4.20. The Morgan fingerprint density at radius 2 is 2.05 bits per heavy atom. The van der Waals surface area contributed by atoms with Crippen LogP contribution in [0.5, 0.6) is 0 Å². The third kappa shape index (κ3) is 3.77. The molecule has 1 saturated heterocycles. The summed E-state index contributed by atoms with van der Waals surface area (Å²) < 4.78 is 30.1. The Hall–Kier alpha value is -1.18. The van der Waals surface area contributed by atoms with Crippen LogP contribution in [-0.2, 0) is 14.6 Å². The summed E-state index contributed by atoms with van der Waals surface area (Å²) in [6.45, 7) is 1.86. The lowest BCUT2D eigenvalue weighted by Crippen LogP contribution is -2.41. The van der Waals surface area contributed by atoms with E-state index in [0.29, 0.717) is 19.8 Å². The number of sulfone groups is 1. The molecule has 1 aliphatic heterocycles. The number of para-hydroxylation sites is 1. The monoisotopic (exact) mass is 340 g/mol. The molecule has 0 amide bonds. The molecular weight excluding hydrogens is 320 g/mol. The van der Waals surface area contributed by atoms with Gasteiger partial charge >= 0.3 is 0 Å². The Balaban J connectivity index is 1.75. The summed E-state index contributed by atoms with van der Waals surface area (Å²) in [5.74, 6) is 0.196. The fourth-order valence-electron chi connectivity index (χ4n) is 2.94. The minimum Gasteiger partial charge on any atom is -0.381 e. The molecule has 7 heteroatoms. The average molecular weight is 340 g/mol. The van der Waals surface area contributed by atoms with Crippen LogP contribution in [-0.4, -0.2) is 45.2 Å². The SMILES string of the molecule is CS(=O)(=O)CC1(CNc2nc3ccccc3s2)CCOCC1. The van der Waals surface area contributed by atoms with Crippen molar-refractivity contribution in [3.63, 3.8) is 0 Å². The summed E-state index contributed by atoms with van der Waals surface area (Å²) in [5.41, 5.74) is 0.711. The van der Waals surface area contributed by atoms with E-state index in [1.165, 1.54) is 6.26 Å². The Kier molecular flexibility index (Phi) is 4.38. The van der Waals surface area contributed by atoms with Crippen LogP contribution in [0.4, 0.5) is 5.13 Å². The van der Waals surface area contributed by atoms with Crippen LogP contribution < -0.4 is 5.32 Å². The Morgan fingerprint density at radius 1 is 1.32 bits per heavy atom. The van der Waals surface area contributed by atoms with Gasteiger partial charge in [-0.2, -0.15) is 0 Å². The number of benzene rings is 1. The smallest absolute Gasteiger partial charge is 0.183 e. The fourth-order valence-corrected chi connectivity index (χ4v) is 5.31. The molecule has 1 aromatic carbocycles. The van der Waals surface area contributed by atoms with E-state index in [1.54, 1.807) is 11.3 Å². The third-order valence-corrected chi connectivity index (χ3v) is 6.16. The summed E-state index contributed by atoms with van der Waals surface area (Å²) in [6, 6.07) is 7.99. The van der Waals surface area contributed by atoms with Gasteiger partial charge in [-0.25, -0.2) is 13.4 Å². The van der Waals surface area contributed by atoms with Gasteiger partial charge < -0.3 is 10.1 Å². The molecule has 2 aromatic rings. The van der Waals surface area contributed by atoms with Crippen molar-refractivity contribution in [1.82, 2.24) is 4.98 Å². The van der Waals surface area contributed by atoms with Crippen LogP contribution >= 0.6 is 11.3 Å². The quantitative estimate of drug-likeness (QED) is 0.906. The minimum atomic E-state index is -3.02. The van der Waals surface area contributed by atoms with E-state index in [9.17, 15) is 8.42 Å². The number of rotatable bonds is 5. The second kappa shape index (κ2) is 6.14. The Labute approximate surface area is 134 Å². The highest BCUT2D eigenvalue weighted by atomic mass is 32.2. The normalized spacial score (nSPS) is 18.4. The van der Waals surface area contributed by atoms with Crippen molar-refractivity contribution >= 4 is 36.5 Å². The van der Waals surface area contributed by atoms with Crippen molar-refractivity contribution in [2.45, 2.75) is 12.8 Å². The van der Waals surface area contributed by atoms with E-state index in [1.807, 2.05) is 24.3 Å². The van der Waals surface area contributed by atoms with Crippen molar-refractivity contribution in [2.75, 3.05) is 37.1 Å². The topological polar surface area (TPSA) is 68.3 Å². The summed E-state index contributed by atoms with van der Waals surface area (Å²) in [6.07, 6.45) is 2.83. The fraction of sp³-hybridized carbons (Fsp3) is 0.533. The number of nitrogens with one attached hydrogen (secondary N) is 1. The molecule has 1 N–H and O–H groups in total. The molecule has 0 atom stereocenters. The van der Waals surface area contributed by atoms with Crippen molar-refractivity contribution in [2.24, 2.45) is 5.41 Å². The van der Waals surface area contributed by atoms with E-state index in [4.69, 9.17) is 4.74 Å². The third-order valence-electron chi connectivity index (χ3n) is 4.03. The predicted octanol–water partition coefficient (Wildman–Crippen LogP) is 2.55. The van der Waals surface area contributed by atoms with Gasteiger partial charge in [0.05, 0.1) is 16.0 Å². The van der Waals surface area contributed by atoms with Crippen LogP contribution in [0.2, 0.25) is 0 Å². The van der Waals surface area contributed by atoms with Crippen molar-refractivity contribution in [1.29, 1.82) is 0 Å². The molecule has 120 valence electrons. The maximum absolute atomic E-state index is 11.8. The first-order valence-electron chi connectivity index (χ1n) is 7.31. The van der Waals surface area contributed by atoms with Gasteiger partial charge in [0, 0.05) is 31.4 Å².